The van der Waals surface area contributed by atoms with Crippen LogP contribution in [0.4, 0.5) is 5.69 Å². The van der Waals surface area contributed by atoms with Crippen LogP contribution in [0.5, 0.6) is 5.75 Å². The lowest BCUT2D eigenvalue weighted by Gasteiger charge is -2.20. The van der Waals surface area contributed by atoms with Crippen LogP contribution in [0.15, 0.2) is 22.7 Å². The van der Waals surface area contributed by atoms with E-state index < -0.39 is 4.92 Å². The smallest absolute Gasteiger partial charge is 0.273 e. The molecule has 0 saturated carbocycles. The van der Waals surface area contributed by atoms with Crippen LogP contribution in [-0.4, -0.2) is 23.6 Å². The van der Waals surface area contributed by atoms with E-state index >= 15 is 0 Å². The third-order valence-corrected chi connectivity index (χ3v) is 3.01. The molecule has 1 aromatic carbocycles. The summed E-state index contributed by atoms with van der Waals surface area (Å²) in [7, 11) is 0. The molecule has 0 aromatic heterocycles. The third kappa shape index (κ3) is 6.02. The fourth-order valence-corrected chi connectivity index (χ4v) is 1.79. The van der Waals surface area contributed by atoms with E-state index in [1.165, 1.54) is 12.1 Å². The maximum atomic E-state index is 10.7. The van der Waals surface area contributed by atoms with Crippen LogP contribution in [0, 0.1) is 10.1 Å². The minimum absolute atomic E-state index is 0.0333. The molecule has 0 heterocycles. The van der Waals surface area contributed by atoms with Crippen LogP contribution in [0.3, 0.4) is 0 Å². The van der Waals surface area contributed by atoms with E-state index in [4.69, 9.17) is 4.74 Å². The highest BCUT2D eigenvalue weighted by atomic mass is 79.9. The van der Waals surface area contributed by atoms with E-state index in [0.717, 1.165) is 17.4 Å². The highest BCUT2D eigenvalue weighted by Gasteiger charge is 2.11. The topological polar surface area (TPSA) is 64.4 Å². The molecule has 0 saturated heterocycles. The Bertz CT molecular complexity index is 444. The predicted octanol–water partition coefficient (Wildman–Crippen LogP) is 3.51. The summed E-state index contributed by atoms with van der Waals surface area (Å²) in [4.78, 5) is 10.2. The van der Waals surface area contributed by atoms with E-state index in [9.17, 15) is 10.1 Å². The molecule has 0 unspecified atom stereocenters. The summed E-state index contributed by atoms with van der Waals surface area (Å²) in [6, 6.07) is 4.50. The number of ether oxygens (including phenoxy) is 1. The summed E-state index contributed by atoms with van der Waals surface area (Å²) in [6.45, 7) is 7.67. The number of hydrogen-bond donors (Lipinski definition) is 1. The quantitative estimate of drug-likeness (QED) is 0.492. The molecule has 19 heavy (non-hydrogen) atoms. The average molecular weight is 331 g/mol. The van der Waals surface area contributed by atoms with Gasteiger partial charge >= 0.3 is 0 Å². The van der Waals surface area contributed by atoms with Gasteiger partial charge in [-0.2, -0.15) is 0 Å². The molecular formula is C13H19BrN2O3. The first-order chi connectivity index (χ1) is 8.79. The number of hydrogen-bond acceptors (Lipinski definition) is 4. The molecule has 5 nitrogen and oxygen atoms in total. The zero-order valence-electron chi connectivity index (χ0n) is 11.4. The molecule has 0 fully saturated rings. The van der Waals surface area contributed by atoms with Crippen molar-refractivity contribution in [3.63, 3.8) is 0 Å². The third-order valence-electron chi connectivity index (χ3n) is 2.36. The van der Waals surface area contributed by atoms with Crippen molar-refractivity contribution in [2.45, 2.75) is 32.7 Å². The molecule has 0 amide bonds. The summed E-state index contributed by atoms with van der Waals surface area (Å²) in [5.74, 6) is 0.505. The van der Waals surface area contributed by atoms with Crippen LogP contribution in [-0.2, 0) is 0 Å². The van der Waals surface area contributed by atoms with Crippen LogP contribution in [0.2, 0.25) is 0 Å². The largest absolute Gasteiger partial charge is 0.492 e. The molecule has 0 bridgehead atoms. The first-order valence-corrected chi connectivity index (χ1v) is 6.91. The van der Waals surface area contributed by atoms with Crippen molar-refractivity contribution in [1.82, 2.24) is 5.32 Å². The lowest BCUT2D eigenvalue weighted by molar-refractivity contribution is -0.385. The fourth-order valence-electron chi connectivity index (χ4n) is 1.43. The van der Waals surface area contributed by atoms with Crippen LogP contribution < -0.4 is 10.1 Å². The molecule has 1 N–H and O–H groups in total. The minimum Gasteiger partial charge on any atom is -0.492 e. The van der Waals surface area contributed by atoms with Crippen molar-refractivity contribution in [3.05, 3.63) is 32.8 Å². The Morgan fingerprint density at radius 3 is 2.68 bits per heavy atom. The van der Waals surface area contributed by atoms with Gasteiger partial charge in [0.1, 0.15) is 5.75 Å². The summed E-state index contributed by atoms with van der Waals surface area (Å²) < 4.78 is 6.27. The maximum Gasteiger partial charge on any atom is 0.273 e. The standard InChI is InChI=1S/C13H19BrN2O3/c1-13(2,3)15-7-4-8-19-12-9-10(16(17)18)5-6-11(12)14/h5-6,9,15H,4,7-8H2,1-3H3. The van der Waals surface area contributed by atoms with Gasteiger partial charge in [-0.05, 0) is 55.7 Å². The van der Waals surface area contributed by atoms with E-state index in [1.54, 1.807) is 6.07 Å². The van der Waals surface area contributed by atoms with Crippen LogP contribution >= 0.6 is 15.9 Å². The zero-order valence-corrected chi connectivity index (χ0v) is 13.0. The van der Waals surface area contributed by atoms with Gasteiger partial charge in [-0.3, -0.25) is 10.1 Å². The minimum atomic E-state index is -0.430. The summed E-state index contributed by atoms with van der Waals surface area (Å²) in [6.07, 6.45) is 0.840. The number of rotatable bonds is 6. The molecule has 0 atom stereocenters. The van der Waals surface area contributed by atoms with Crippen molar-refractivity contribution >= 4 is 21.6 Å². The van der Waals surface area contributed by atoms with Crippen LogP contribution in [0.1, 0.15) is 27.2 Å². The SMILES string of the molecule is CC(C)(C)NCCCOc1cc([N+](=O)[O-])ccc1Br. The zero-order chi connectivity index (χ0) is 14.5. The number of nitrogens with zero attached hydrogens (tertiary/aromatic N) is 1. The van der Waals surface area contributed by atoms with E-state index in [-0.39, 0.29) is 11.2 Å². The predicted molar refractivity (Wildman–Crippen MR) is 78.7 cm³/mol. The van der Waals surface area contributed by atoms with Gasteiger partial charge in [0.05, 0.1) is 22.1 Å². The first-order valence-electron chi connectivity index (χ1n) is 6.11. The van der Waals surface area contributed by atoms with Gasteiger partial charge in [0.2, 0.25) is 0 Å². The van der Waals surface area contributed by atoms with Crippen molar-refractivity contribution in [2.24, 2.45) is 0 Å². The van der Waals surface area contributed by atoms with Crippen molar-refractivity contribution in [3.8, 4) is 5.75 Å². The second kappa shape index (κ2) is 6.86. The Hall–Kier alpha value is -1.14. The Balaban J connectivity index is 2.45. The van der Waals surface area contributed by atoms with Gasteiger partial charge in [-0.15, -0.1) is 0 Å². The Morgan fingerprint density at radius 2 is 2.11 bits per heavy atom. The number of non-ortho nitro benzene ring substituents is 1. The number of nitro groups is 1. The average Bonchev–Trinajstić information content (AvgIpc) is 2.29. The van der Waals surface area contributed by atoms with Gasteiger partial charge in [0.25, 0.3) is 5.69 Å². The molecule has 0 aliphatic heterocycles. The van der Waals surface area contributed by atoms with E-state index in [1.807, 2.05) is 0 Å². The molecule has 0 aliphatic rings. The molecule has 1 aromatic rings. The highest BCUT2D eigenvalue weighted by molar-refractivity contribution is 9.10. The second-order valence-corrected chi connectivity index (χ2v) is 6.10. The van der Waals surface area contributed by atoms with Gasteiger partial charge < -0.3 is 10.1 Å². The number of halogens is 1. The van der Waals surface area contributed by atoms with Gasteiger partial charge in [-0.25, -0.2) is 0 Å². The molecule has 0 spiro atoms. The lowest BCUT2D eigenvalue weighted by atomic mass is 10.1. The van der Waals surface area contributed by atoms with Gasteiger partial charge in [0, 0.05) is 11.6 Å². The Kier molecular flexibility index (Phi) is 5.75. The monoisotopic (exact) mass is 330 g/mol. The van der Waals surface area contributed by atoms with E-state index in [0.29, 0.717) is 12.4 Å². The number of benzene rings is 1. The maximum absolute atomic E-state index is 10.7. The molecule has 1 rings (SSSR count). The van der Waals surface area contributed by atoms with Gasteiger partial charge in [-0.1, -0.05) is 0 Å². The van der Waals surface area contributed by atoms with Crippen molar-refractivity contribution in [1.29, 1.82) is 0 Å². The Morgan fingerprint density at radius 1 is 1.42 bits per heavy atom. The number of nitro benzene ring substituents is 1. The molecule has 6 heteroatoms. The summed E-state index contributed by atoms with van der Waals surface area (Å²) in [5, 5.41) is 14.0. The first kappa shape index (κ1) is 15.9. The van der Waals surface area contributed by atoms with E-state index in [2.05, 4.69) is 42.0 Å². The Labute approximate surface area is 121 Å². The summed E-state index contributed by atoms with van der Waals surface area (Å²) in [5.41, 5.74) is 0.123. The molecule has 106 valence electrons. The van der Waals surface area contributed by atoms with Crippen molar-refractivity contribution in [2.75, 3.05) is 13.2 Å². The summed E-state index contributed by atoms with van der Waals surface area (Å²) >= 11 is 3.32. The molecule has 0 radical (unpaired) electrons. The molecule has 0 aliphatic carbocycles. The highest BCUT2D eigenvalue weighted by Crippen LogP contribution is 2.29. The normalized spacial score (nSPS) is 11.4. The van der Waals surface area contributed by atoms with Gasteiger partial charge in [0.15, 0.2) is 0 Å². The van der Waals surface area contributed by atoms with Crippen LogP contribution in [0.25, 0.3) is 0 Å². The fraction of sp³-hybridized carbons (Fsp3) is 0.538. The number of nitrogens with one attached hydrogen (secondary N) is 1. The lowest BCUT2D eigenvalue weighted by Crippen LogP contribution is -2.36. The molecular weight excluding hydrogens is 312 g/mol. The van der Waals surface area contributed by atoms with Crippen molar-refractivity contribution < 1.29 is 9.66 Å². The second-order valence-electron chi connectivity index (χ2n) is 5.25.